The molecule has 5 rings (SSSR count). The van der Waals surface area contributed by atoms with Crippen LogP contribution >= 0.6 is 0 Å². The van der Waals surface area contributed by atoms with Gasteiger partial charge in [0, 0.05) is 73.6 Å². The van der Waals surface area contributed by atoms with Crippen molar-refractivity contribution in [1.29, 1.82) is 0 Å². The second-order valence-corrected chi connectivity index (χ2v) is 9.35. The molecule has 164 valence electrons. The molecule has 0 saturated carbocycles. The maximum Gasteiger partial charge on any atom is 0.123 e. The summed E-state index contributed by atoms with van der Waals surface area (Å²) in [6, 6.07) is 17.1. The lowest BCUT2D eigenvalue weighted by molar-refractivity contribution is 0.0692. The zero-order valence-electron chi connectivity index (χ0n) is 18.6. The molecule has 2 aliphatic rings. The van der Waals surface area contributed by atoms with E-state index in [1.165, 1.54) is 50.8 Å². The molecule has 1 N–H and O–H groups in total. The molecule has 1 aromatic heterocycles. The van der Waals surface area contributed by atoms with Gasteiger partial charge in [0.25, 0.3) is 0 Å². The minimum absolute atomic E-state index is 0.194. The second kappa shape index (κ2) is 8.64. The smallest absolute Gasteiger partial charge is 0.123 e. The first-order valence-electron chi connectivity index (χ1n) is 11.7. The molecule has 0 amide bonds. The minimum atomic E-state index is -0.194. The van der Waals surface area contributed by atoms with Gasteiger partial charge in [-0.15, -0.1) is 0 Å². The third-order valence-electron chi connectivity index (χ3n) is 7.17. The van der Waals surface area contributed by atoms with Crippen LogP contribution in [0.5, 0.6) is 0 Å². The van der Waals surface area contributed by atoms with Crippen LogP contribution in [0.2, 0.25) is 0 Å². The monoisotopic (exact) mass is 420 g/mol. The highest BCUT2D eigenvalue weighted by Crippen LogP contribution is 2.30. The summed E-state index contributed by atoms with van der Waals surface area (Å²) in [5.74, 6) is -0.194. The van der Waals surface area contributed by atoms with E-state index < -0.39 is 0 Å². The summed E-state index contributed by atoms with van der Waals surface area (Å²) in [6.07, 6.45) is 2.47. The number of nitrogens with one attached hydrogen (secondary N) is 1. The maximum atomic E-state index is 13.5. The average molecular weight is 421 g/mol. The van der Waals surface area contributed by atoms with Gasteiger partial charge in [-0.05, 0) is 68.7 Å². The number of piperazine rings is 1. The average Bonchev–Trinajstić information content (AvgIpc) is 3.23. The Bertz CT molecular complexity index is 1030. The predicted molar refractivity (Wildman–Crippen MR) is 127 cm³/mol. The Balaban J connectivity index is 1.24. The number of aromatic amines is 1. The Hall–Kier alpha value is -2.37. The van der Waals surface area contributed by atoms with E-state index in [0.717, 1.165) is 41.3 Å². The standard InChI is InChI=1S/C26H33FN4/c1-19(2)29-12-14-31(15-13-29)23-8-10-30(11-9-23)24-5-3-4-20(17-24)26-18-21-16-22(27)6-7-25(21)28-26/h3-7,16-19,23,28H,8-15H2,1-2H3. The number of piperidine rings is 1. The van der Waals surface area contributed by atoms with Gasteiger partial charge in [0.15, 0.2) is 0 Å². The van der Waals surface area contributed by atoms with Crippen LogP contribution < -0.4 is 4.90 Å². The topological polar surface area (TPSA) is 25.5 Å². The lowest BCUT2D eigenvalue weighted by Crippen LogP contribution is -2.54. The molecule has 0 unspecified atom stereocenters. The van der Waals surface area contributed by atoms with Gasteiger partial charge in [-0.3, -0.25) is 9.80 Å². The molecule has 31 heavy (non-hydrogen) atoms. The quantitative estimate of drug-likeness (QED) is 0.645. The lowest BCUT2D eigenvalue weighted by Gasteiger charge is -2.44. The molecule has 0 aliphatic carbocycles. The highest BCUT2D eigenvalue weighted by Gasteiger charge is 2.28. The molecule has 0 radical (unpaired) electrons. The molecule has 4 nitrogen and oxygen atoms in total. The van der Waals surface area contributed by atoms with Crippen molar-refractivity contribution in [3.05, 3.63) is 54.3 Å². The summed E-state index contributed by atoms with van der Waals surface area (Å²) in [4.78, 5) is 11.3. The number of H-pyrrole nitrogens is 1. The molecule has 0 bridgehead atoms. The Morgan fingerprint density at radius 2 is 1.68 bits per heavy atom. The summed E-state index contributed by atoms with van der Waals surface area (Å²) in [5.41, 5.74) is 4.45. The van der Waals surface area contributed by atoms with Gasteiger partial charge >= 0.3 is 0 Å². The van der Waals surface area contributed by atoms with Crippen molar-refractivity contribution < 1.29 is 4.39 Å². The Morgan fingerprint density at radius 3 is 2.42 bits per heavy atom. The molecule has 3 heterocycles. The van der Waals surface area contributed by atoms with Gasteiger partial charge in [-0.2, -0.15) is 0 Å². The van der Waals surface area contributed by atoms with Gasteiger partial charge in [0.1, 0.15) is 5.82 Å². The highest BCUT2D eigenvalue weighted by atomic mass is 19.1. The van der Waals surface area contributed by atoms with Crippen molar-refractivity contribution in [2.45, 2.75) is 38.8 Å². The van der Waals surface area contributed by atoms with E-state index in [0.29, 0.717) is 6.04 Å². The largest absolute Gasteiger partial charge is 0.371 e. The Morgan fingerprint density at radius 1 is 0.903 bits per heavy atom. The molecule has 0 spiro atoms. The van der Waals surface area contributed by atoms with Crippen LogP contribution in [-0.2, 0) is 0 Å². The van der Waals surface area contributed by atoms with Crippen molar-refractivity contribution in [2.24, 2.45) is 0 Å². The first-order chi connectivity index (χ1) is 15.1. The molecule has 2 saturated heterocycles. The fourth-order valence-corrected chi connectivity index (χ4v) is 5.24. The predicted octanol–water partition coefficient (Wildman–Crippen LogP) is 4.97. The van der Waals surface area contributed by atoms with E-state index >= 15 is 0 Å². The minimum Gasteiger partial charge on any atom is -0.371 e. The van der Waals surface area contributed by atoms with E-state index in [-0.39, 0.29) is 5.82 Å². The van der Waals surface area contributed by atoms with Crippen LogP contribution in [0, 0.1) is 5.82 Å². The van der Waals surface area contributed by atoms with Crippen LogP contribution in [-0.4, -0.2) is 66.1 Å². The summed E-state index contributed by atoms with van der Waals surface area (Å²) in [5, 5.41) is 0.916. The molecular weight excluding hydrogens is 387 g/mol. The van der Waals surface area contributed by atoms with E-state index in [9.17, 15) is 4.39 Å². The number of aromatic nitrogens is 1. The highest BCUT2D eigenvalue weighted by molar-refractivity contribution is 5.86. The van der Waals surface area contributed by atoms with Gasteiger partial charge < -0.3 is 9.88 Å². The Kier molecular flexibility index (Phi) is 5.72. The number of halogens is 1. The summed E-state index contributed by atoms with van der Waals surface area (Å²) in [7, 11) is 0. The van der Waals surface area contributed by atoms with E-state index in [2.05, 4.69) is 57.8 Å². The lowest BCUT2D eigenvalue weighted by atomic mass is 10.0. The van der Waals surface area contributed by atoms with Gasteiger partial charge in [0.05, 0.1) is 0 Å². The summed E-state index contributed by atoms with van der Waals surface area (Å²) in [6.45, 7) is 11.6. The van der Waals surface area contributed by atoms with E-state index in [1.54, 1.807) is 6.07 Å². The molecule has 2 fully saturated rings. The second-order valence-electron chi connectivity index (χ2n) is 9.35. The third kappa shape index (κ3) is 4.35. The molecule has 2 aliphatic heterocycles. The first kappa shape index (κ1) is 20.5. The van der Waals surface area contributed by atoms with Crippen molar-refractivity contribution in [1.82, 2.24) is 14.8 Å². The number of anilines is 1. The van der Waals surface area contributed by atoms with Crippen molar-refractivity contribution in [3.8, 4) is 11.3 Å². The maximum absolute atomic E-state index is 13.5. The van der Waals surface area contributed by atoms with Crippen LogP contribution in [0.4, 0.5) is 10.1 Å². The summed E-state index contributed by atoms with van der Waals surface area (Å²) >= 11 is 0. The SMILES string of the molecule is CC(C)N1CCN(C2CCN(c3cccc(-c4cc5cc(F)ccc5[nH]4)c3)CC2)CC1. The third-order valence-corrected chi connectivity index (χ3v) is 7.17. The zero-order chi connectivity index (χ0) is 21.4. The van der Waals surface area contributed by atoms with E-state index in [4.69, 9.17) is 0 Å². The zero-order valence-corrected chi connectivity index (χ0v) is 18.6. The normalized spacial score (nSPS) is 19.5. The number of hydrogen-bond acceptors (Lipinski definition) is 3. The molecule has 0 atom stereocenters. The fourth-order valence-electron chi connectivity index (χ4n) is 5.24. The summed E-state index contributed by atoms with van der Waals surface area (Å²) < 4.78 is 13.5. The Labute approximate surface area is 184 Å². The van der Waals surface area contributed by atoms with Crippen molar-refractivity contribution in [2.75, 3.05) is 44.2 Å². The van der Waals surface area contributed by atoms with Crippen LogP contribution in [0.25, 0.3) is 22.2 Å². The molecule has 2 aromatic carbocycles. The van der Waals surface area contributed by atoms with Crippen LogP contribution in [0.15, 0.2) is 48.5 Å². The van der Waals surface area contributed by atoms with Gasteiger partial charge in [0.2, 0.25) is 0 Å². The van der Waals surface area contributed by atoms with E-state index in [1.807, 2.05) is 12.1 Å². The van der Waals surface area contributed by atoms with Gasteiger partial charge in [-0.25, -0.2) is 4.39 Å². The van der Waals surface area contributed by atoms with Crippen LogP contribution in [0.3, 0.4) is 0 Å². The molecular formula is C26H33FN4. The van der Waals surface area contributed by atoms with Crippen molar-refractivity contribution >= 4 is 16.6 Å². The fraction of sp³-hybridized carbons (Fsp3) is 0.462. The van der Waals surface area contributed by atoms with Crippen molar-refractivity contribution in [3.63, 3.8) is 0 Å². The number of rotatable bonds is 4. The van der Waals surface area contributed by atoms with Gasteiger partial charge in [-0.1, -0.05) is 12.1 Å². The van der Waals surface area contributed by atoms with Crippen LogP contribution in [0.1, 0.15) is 26.7 Å². The molecule has 5 heteroatoms. The number of nitrogens with zero attached hydrogens (tertiary/aromatic N) is 3. The molecule has 3 aromatic rings. The number of hydrogen-bond donors (Lipinski definition) is 1. The number of fused-ring (bicyclic) bond motifs is 1. The number of benzene rings is 2. The first-order valence-corrected chi connectivity index (χ1v) is 11.7.